The van der Waals surface area contributed by atoms with Gasteiger partial charge in [-0.3, -0.25) is 0 Å². The maximum Gasteiger partial charge on any atom is 0.460 e. The summed E-state index contributed by atoms with van der Waals surface area (Å²) >= 11 is 0. The lowest BCUT2D eigenvalue weighted by atomic mass is 9.86. The van der Waals surface area contributed by atoms with Crippen LogP contribution in [-0.4, -0.2) is 65.4 Å². The Bertz CT molecular complexity index is 789. The molecule has 23 heteroatoms. The molecule has 0 fully saturated rings. The van der Waals surface area contributed by atoms with Gasteiger partial charge >= 0.3 is 59.5 Å². The minimum Gasteiger partial charge on any atom is -0.544 e. The van der Waals surface area contributed by atoms with Crippen molar-refractivity contribution >= 4 is 5.97 Å². The molecule has 0 aliphatic heterocycles. The van der Waals surface area contributed by atoms with Gasteiger partial charge in [0.25, 0.3) is 0 Å². The smallest absolute Gasteiger partial charge is 0.460 e. The summed E-state index contributed by atoms with van der Waals surface area (Å²) in [5, 5.41) is 9.72. The summed E-state index contributed by atoms with van der Waals surface area (Å²) < 4.78 is 269. The van der Waals surface area contributed by atoms with Gasteiger partial charge in [-0.1, -0.05) is 0 Å². The van der Waals surface area contributed by atoms with Crippen molar-refractivity contribution in [3.63, 3.8) is 0 Å². The number of hydrogen-bond acceptors (Lipinski definition) is 2. The Kier molecular flexibility index (Phi) is 7.06. The zero-order valence-electron chi connectivity index (χ0n) is 14.3. The van der Waals surface area contributed by atoms with Crippen LogP contribution in [0.1, 0.15) is 0 Å². The second-order valence-corrected chi connectivity index (χ2v) is 5.95. The molecule has 0 rings (SSSR count). The van der Waals surface area contributed by atoms with Crippen LogP contribution in [-0.2, 0) is 4.79 Å². The first-order valence-electron chi connectivity index (χ1n) is 6.88. The van der Waals surface area contributed by atoms with Crippen LogP contribution >= 0.6 is 0 Å². The van der Waals surface area contributed by atoms with Crippen LogP contribution in [0.25, 0.3) is 0 Å². The van der Waals surface area contributed by atoms with Crippen LogP contribution in [0.2, 0.25) is 0 Å². The van der Waals surface area contributed by atoms with Crippen molar-refractivity contribution < 1.29 is 102 Å². The molecule has 0 aromatic heterocycles. The lowest BCUT2D eigenvalue weighted by molar-refractivity contribution is -0.474. The van der Waals surface area contributed by atoms with Crippen LogP contribution in [0, 0.1) is 0 Å². The van der Waals surface area contributed by atoms with Gasteiger partial charge in [-0.15, -0.1) is 0 Å². The molecule has 0 saturated heterocycles. The Morgan fingerprint density at radius 1 is 0.353 bits per heavy atom. The average Bonchev–Trinajstić information content (AvgIpc) is 2.58. The molecule has 0 heterocycles. The van der Waals surface area contributed by atoms with Gasteiger partial charge in [0.1, 0.15) is 5.97 Å². The van der Waals surface area contributed by atoms with Gasteiger partial charge in [0, 0.05) is 0 Å². The van der Waals surface area contributed by atoms with Crippen molar-refractivity contribution in [1.82, 2.24) is 0 Å². The van der Waals surface area contributed by atoms with Gasteiger partial charge in [0.05, 0.1) is 0 Å². The van der Waals surface area contributed by atoms with Crippen LogP contribution in [0.4, 0.5) is 92.2 Å². The van der Waals surface area contributed by atoms with E-state index < -0.39 is 65.4 Å². The molecule has 2 nitrogen and oxygen atoms in total. The summed E-state index contributed by atoms with van der Waals surface area (Å²) in [6, 6.07) is 0. The Morgan fingerprint density at radius 3 is 0.706 bits per heavy atom. The van der Waals surface area contributed by atoms with Gasteiger partial charge in [-0.05, 0) is 0 Å². The molecule has 0 aromatic rings. The van der Waals surface area contributed by atoms with Crippen molar-refractivity contribution in [2.45, 2.75) is 59.5 Å². The molecule has 0 amide bonds. The first kappa shape index (κ1) is 32.0. The highest BCUT2D eigenvalue weighted by Gasteiger charge is 2.97. The topological polar surface area (TPSA) is 40.1 Å². The average molecular weight is 563 g/mol. The predicted octanol–water partition coefficient (Wildman–Crippen LogP) is 5.02. The van der Waals surface area contributed by atoms with E-state index in [0.717, 1.165) is 0 Å². The number of rotatable bonds is 9. The molecule has 0 spiro atoms. The quantitative estimate of drug-likeness (QED) is 0.370. The molecule has 0 atom stereocenters. The normalized spacial score (nSPS) is 16.6. The number of carboxylic acid groups (broad SMARTS) is 1. The first-order chi connectivity index (χ1) is 14.2. The maximum absolute atomic E-state index is 13.2. The molecule has 0 radical (unpaired) electrons. The molecule has 204 valence electrons. The van der Waals surface area contributed by atoms with E-state index in [1.807, 2.05) is 0 Å². The van der Waals surface area contributed by atoms with E-state index in [9.17, 15) is 102 Å². The summed E-state index contributed by atoms with van der Waals surface area (Å²) in [6.07, 6.45) is -8.05. The third-order valence-electron chi connectivity index (χ3n) is 3.77. The van der Waals surface area contributed by atoms with Crippen molar-refractivity contribution in [3.8, 4) is 0 Å². The standard InChI is InChI=1S/C11HF21O2/c12-2(13,1(33)34)3(14,15)4(16,17)5(18,19)6(20,21)7(22,23)8(24,25)9(26,27)10(28,29)11(30,31)32/h(H,33,34)/p-1. The fourth-order valence-corrected chi connectivity index (χ4v) is 1.69. The number of aliphatic carboxylic acids is 1. The number of alkyl halides is 21. The zero-order valence-corrected chi connectivity index (χ0v) is 14.3. The van der Waals surface area contributed by atoms with Crippen LogP contribution in [0.5, 0.6) is 0 Å². The zero-order chi connectivity index (χ0) is 28.6. The number of carbonyl (C=O) groups is 1. The second-order valence-electron chi connectivity index (χ2n) is 5.95. The molecular formula is C11F21O2-. The minimum absolute atomic E-state index is 4.80. The summed E-state index contributed by atoms with van der Waals surface area (Å²) in [4.78, 5) is 9.72. The highest BCUT2D eigenvalue weighted by molar-refractivity contribution is 5.75. The highest BCUT2D eigenvalue weighted by Crippen LogP contribution is 2.66. The summed E-state index contributed by atoms with van der Waals surface area (Å²) in [6.45, 7) is 0. The third kappa shape index (κ3) is 3.49. The highest BCUT2D eigenvalue weighted by atomic mass is 19.4. The van der Waals surface area contributed by atoms with Gasteiger partial charge < -0.3 is 9.90 Å². The van der Waals surface area contributed by atoms with Gasteiger partial charge in [0.2, 0.25) is 0 Å². The molecule has 0 aliphatic carbocycles. The summed E-state index contributed by atoms with van der Waals surface area (Å²) in [5.74, 6) is -84.4. The van der Waals surface area contributed by atoms with E-state index in [4.69, 9.17) is 0 Å². The van der Waals surface area contributed by atoms with E-state index in [1.54, 1.807) is 0 Å². The fourth-order valence-electron chi connectivity index (χ4n) is 1.69. The SMILES string of the molecule is O=C([O-])C(F)(F)C(F)(F)C(F)(F)C(F)(F)C(F)(F)C(F)(F)C(F)(F)C(F)(F)C(F)(F)C(F)(F)F. The number of carboxylic acids is 1. The molecule has 0 unspecified atom stereocenters. The predicted molar refractivity (Wildman–Crippen MR) is 55.6 cm³/mol. The molecule has 0 bridgehead atoms. The van der Waals surface area contributed by atoms with E-state index in [1.165, 1.54) is 0 Å². The Hall–Kier alpha value is -2.00. The fraction of sp³-hybridized carbons (Fsp3) is 0.909. The number of halogens is 21. The van der Waals surface area contributed by atoms with E-state index in [2.05, 4.69) is 0 Å². The minimum atomic E-state index is -9.30. The van der Waals surface area contributed by atoms with Gasteiger partial charge in [-0.25, -0.2) is 0 Å². The van der Waals surface area contributed by atoms with E-state index >= 15 is 0 Å². The maximum atomic E-state index is 13.2. The monoisotopic (exact) mass is 563 g/mol. The van der Waals surface area contributed by atoms with Crippen LogP contribution in [0.3, 0.4) is 0 Å². The lowest BCUT2D eigenvalue weighted by Crippen LogP contribution is -2.77. The third-order valence-corrected chi connectivity index (χ3v) is 3.77. The largest absolute Gasteiger partial charge is 0.544 e. The van der Waals surface area contributed by atoms with Crippen LogP contribution in [0.15, 0.2) is 0 Å². The summed E-state index contributed by atoms with van der Waals surface area (Å²) in [5.41, 5.74) is 0. The Morgan fingerprint density at radius 2 is 0.529 bits per heavy atom. The Balaban J connectivity index is 7.11. The lowest BCUT2D eigenvalue weighted by Gasteiger charge is -2.44. The second kappa shape index (κ2) is 7.50. The molecular weight excluding hydrogens is 563 g/mol. The first-order valence-corrected chi connectivity index (χ1v) is 6.88. The van der Waals surface area contributed by atoms with Crippen molar-refractivity contribution in [2.24, 2.45) is 0 Å². The van der Waals surface area contributed by atoms with Gasteiger partial charge in [0.15, 0.2) is 0 Å². The van der Waals surface area contributed by atoms with Crippen LogP contribution < -0.4 is 5.11 Å². The number of carbonyl (C=O) groups excluding carboxylic acids is 1. The van der Waals surface area contributed by atoms with Crippen molar-refractivity contribution in [2.75, 3.05) is 0 Å². The van der Waals surface area contributed by atoms with E-state index in [0.29, 0.717) is 0 Å². The Labute approximate surface area is 169 Å². The van der Waals surface area contributed by atoms with Gasteiger partial charge in [-0.2, -0.15) is 92.2 Å². The van der Waals surface area contributed by atoms with E-state index in [-0.39, 0.29) is 0 Å². The molecule has 34 heavy (non-hydrogen) atoms. The van der Waals surface area contributed by atoms with Crippen molar-refractivity contribution in [1.29, 1.82) is 0 Å². The molecule has 0 aromatic carbocycles. The summed E-state index contributed by atoms with van der Waals surface area (Å²) in [7, 11) is 0. The number of hydrogen-bond donors (Lipinski definition) is 0. The molecule has 0 aliphatic rings. The molecule has 0 N–H and O–H groups in total. The molecule has 0 saturated carbocycles. The van der Waals surface area contributed by atoms with Crippen molar-refractivity contribution in [3.05, 3.63) is 0 Å².